The highest BCUT2D eigenvalue weighted by Gasteiger charge is 2.19. The van der Waals surface area contributed by atoms with E-state index >= 15 is 0 Å². The standard InChI is InChI=1S/C18H24O4/c1-4-6-9-14(5-2)18(20)22-17(19)13-12-15-10-7-8-11-16(15)21-3/h7-8,10-14H,4-6,9H2,1-3H3. The minimum atomic E-state index is -0.647. The fourth-order valence-electron chi connectivity index (χ4n) is 2.12. The number of unbranched alkanes of at least 4 members (excludes halogenated alkanes) is 1. The predicted molar refractivity (Wildman–Crippen MR) is 86.4 cm³/mol. The van der Waals surface area contributed by atoms with E-state index in [1.165, 1.54) is 6.08 Å². The number of benzene rings is 1. The van der Waals surface area contributed by atoms with E-state index in [2.05, 4.69) is 6.92 Å². The van der Waals surface area contributed by atoms with E-state index < -0.39 is 11.9 Å². The summed E-state index contributed by atoms with van der Waals surface area (Å²) in [5.41, 5.74) is 0.757. The quantitative estimate of drug-likeness (QED) is 0.414. The minimum absolute atomic E-state index is 0.205. The van der Waals surface area contributed by atoms with E-state index in [0.717, 1.165) is 24.8 Å². The number of esters is 2. The number of para-hydroxylation sites is 1. The van der Waals surface area contributed by atoms with Gasteiger partial charge in [-0.25, -0.2) is 4.79 Å². The summed E-state index contributed by atoms with van der Waals surface area (Å²) in [4.78, 5) is 23.7. The Morgan fingerprint density at radius 3 is 2.59 bits per heavy atom. The molecule has 0 heterocycles. The van der Waals surface area contributed by atoms with Crippen molar-refractivity contribution >= 4 is 18.0 Å². The van der Waals surface area contributed by atoms with Gasteiger partial charge in [0.25, 0.3) is 0 Å². The maximum atomic E-state index is 11.9. The lowest BCUT2D eigenvalue weighted by molar-refractivity contribution is -0.159. The molecule has 0 aliphatic heterocycles. The summed E-state index contributed by atoms with van der Waals surface area (Å²) in [5.74, 6) is -0.632. The van der Waals surface area contributed by atoms with Crippen LogP contribution in [0.5, 0.6) is 5.75 Å². The molecule has 0 saturated heterocycles. The van der Waals surface area contributed by atoms with Crippen molar-refractivity contribution in [2.24, 2.45) is 5.92 Å². The largest absolute Gasteiger partial charge is 0.496 e. The summed E-state index contributed by atoms with van der Waals surface area (Å²) in [6.07, 6.45) is 6.26. The Bertz CT molecular complexity index is 520. The molecule has 1 rings (SSSR count). The van der Waals surface area contributed by atoms with Crippen LogP contribution in [0.15, 0.2) is 30.3 Å². The third-order valence-corrected chi connectivity index (χ3v) is 3.47. The monoisotopic (exact) mass is 304 g/mol. The zero-order valence-corrected chi connectivity index (χ0v) is 13.5. The van der Waals surface area contributed by atoms with Gasteiger partial charge in [-0.3, -0.25) is 4.79 Å². The minimum Gasteiger partial charge on any atom is -0.496 e. The molecule has 4 heteroatoms. The molecule has 0 spiro atoms. The molecule has 0 fully saturated rings. The lowest BCUT2D eigenvalue weighted by atomic mass is 10.00. The average Bonchev–Trinajstić information content (AvgIpc) is 2.53. The Labute approximate surface area is 132 Å². The number of carbonyl (C=O) groups excluding carboxylic acids is 2. The molecule has 0 aromatic heterocycles. The molecule has 0 saturated carbocycles. The van der Waals surface area contributed by atoms with Gasteiger partial charge in [-0.2, -0.15) is 0 Å². The van der Waals surface area contributed by atoms with E-state index in [0.29, 0.717) is 12.2 Å². The molecule has 0 amide bonds. The molecule has 0 aliphatic rings. The van der Waals surface area contributed by atoms with Crippen LogP contribution in [0, 0.1) is 5.92 Å². The topological polar surface area (TPSA) is 52.6 Å². The number of hydrogen-bond donors (Lipinski definition) is 0. The molecule has 4 nitrogen and oxygen atoms in total. The first-order chi connectivity index (χ1) is 10.6. The van der Waals surface area contributed by atoms with Crippen LogP contribution in [-0.4, -0.2) is 19.0 Å². The molecule has 1 unspecified atom stereocenters. The van der Waals surface area contributed by atoms with Crippen LogP contribution >= 0.6 is 0 Å². The highest BCUT2D eigenvalue weighted by Crippen LogP contribution is 2.19. The third-order valence-electron chi connectivity index (χ3n) is 3.47. The average molecular weight is 304 g/mol. The lowest BCUT2D eigenvalue weighted by Gasteiger charge is -2.11. The SMILES string of the molecule is CCCCC(CC)C(=O)OC(=O)C=Cc1ccccc1OC. The molecule has 1 aromatic carbocycles. The fraction of sp³-hybridized carbons (Fsp3) is 0.444. The third kappa shape index (κ3) is 5.72. The van der Waals surface area contributed by atoms with Crippen LogP contribution in [0.3, 0.4) is 0 Å². The van der Waals surface area contributed by atoms with Gasteiger partial charge in [0.1, 0.15) is 5.75 Å². The van der Waals surface area contributed by atoms with Crippen LogP contribution < -0.4 is 4.74 Å². The van der Waals surface area contributed by atoms with Gasteiger partial charge in [-0.05, 0) is 25.0 Å². The lowest BCUT2D eigenvalue weighted by Crippen LogP contribution is -2.19. The first kappa shape index (κ1) is 18.0. The van der Waals surface area contributed by atoms with Gasteiger partial charge in [-0.15, -0.1) is 0 Å². The first-order valence-electron chi connectivity index (χ1n) is 7.69. The van der Waals surface area contributed by atoms with Gasteiger partial charge in [0, 0.05) is 11.6 Å². The zero-order valence-electron chi connectivity index (χ0n) is 13.5. The highest BCUT2D eigenvalue weighted by atomic mass is 16.6. The van der Waals surface area contributed by atoms with Gasteiger partial charge in [0.15, 0.2) is 0 Å². The van der Waals surface area contributed by atoms with E-state index in [4.69, 9.17) is 9.47 Å². The van der Waals surface area contributed by atoms with E-state index in [-0.39, 0.29) is 5.92 Å². The second-order valence-corrected chi connectivity index (χ2v) is 5.06. The van der Waals surface area contributed by atoms with Crippen LogP contribution in [0.25, 0.3) is 6.08 Å². The van der Waals surface area contributed by atoms with Crippen LogP contribution in [0.4, 0.5) is 0 Å². The van der Waals surface area contributed by atoms with Crippen molar-refractivity contribution in [2.45, 2.75) is 39.5 Å². The summed E-state index contributed by atoms with van der Waals surface area (Å²) >= 11 is 0. The number of ether oxygens (including phenoxy) is 2. The normalized spacial score (nSPS) is 12.1. The first-order valence-corrected chi connectivity index (χ1v) is 7.69. The molecular weight excluding hydrogens is 280 g/mol. The Morgan fingerprint density at radius 1 is 1.23 bits per heavy atom. The molecule has 0 bridgehead atoms. The molecule has 120 valence electrons. The van der Waals surface area contributed by atoms with Crippen LogP contribution in [-0.2, 0) is 14.3 Å². The van der Waals surface area contributed by atoms with E-state index in [1.54, 1.807) is 19.3 Å². The van der Waals surface area contributed by atoms with Crippen molar-refractivity contribution in [3.63, 3.8) is 0 Å². The van der Waals surface area contributed by atoms with Crippen LogP contribution in [0.2, 0.25) is 0 Å². The Morgan fingerprint density at radius 2 is 1.95 bits per heavy atom. The van der Waals surface area contributed by atoms with Gasteiger partial charge in [0.2, 0.25) is 0 Å². The Kier molecular flexibility index (Phi) is 7.97. The van der Waals surface area contributed by atoms with Crippen molar-refractivity contribution in [2.75, 3.05) is 7.11 Å². The van der Waals surface area contributed by atoms with Gasteiger partial charge >= 0.3 is 11.9 Å². The van der Waals surface area contributed by atoms with Crippen molar-refractivity contribution in [3.8, 4) is 5.75 Å². The summed E-state index contributed by atoms with van der Waals surface area (Å²) in [6.45, 7) is 4.00. The molecule has 1 atom stereocenters. The highest BCUT2D eigenvalue weighted by molar-refractivity contribution is 5.95. The summed E-state index contributed by atoms with van der Waals surface area (Å²) in [5, 5.41) is 0. The number of methoxy groups -OCH3 is 1. The molecular formula is C18H24O4. The van der Waals surface area contributed by atoms with Gasteiger partial charge in [-0.1, -0.05) is 44.9 Å². The molecule has 0 radical (unpaired) electrons. The number of hydrogen-bond acceptors (Lipinski definition) is 4. The summed E-state index contributed by atoms with van der Waals surface area (Å²) in [7, 11) is 1.56. The number of rotatable bonds is 8. The smallest absolute Gasteiger partial charge is 0.338 e. The molecule has 22 heavy (non-hydrogen) atoms. The van der Waals surface area contributed by atoms with Crippen molar-refractivity contribution in [1.29, 1.82) is 0 Å². The van der Waals surface area contributed by atoms with Gasteiger partial charge in [0.05, 0.1) is 13.0 Å². The second kappa shape index (κ2) is 9.77. The predicted octanol–water partition coefficient (Wildman–Crippen LogP) is 3.99. The second-order valence-electron chi connectivity index (χ2n) is 5.06. The van der Waals surface area contributed by atoms with E-state index in [9.17, 15) is 9.59 Å². The summed E-state index contributed by atoms with van der Waals surface area (Å²) < 4.78 is 10.1. The summed E-state index contributed by atoms with van der Waals surface area (Å²) in [6, 6.07) is 7.31. The van der Waals surface area contributed by atoms with Crippen molar-refractivity contribution in [1.82, 2.24) is 0 Å². The fourth-order valence-corrected chi connectivity index (χ4v) is 2.12. The van der Waals surface area contributed by atoms with Crippen LogP contribution in [0.1, 0.15) is 45.1 Å². The molecule has 1 aromatic rings. The van der Waals surface area contributed by atoms with Gasteiger partial charge < -0.3 is 9.47 Å². The Balaban J connectivity index is 2.61. The number of carbonyl (C=O) groups is 2. The maximum absolute atomic E-state index is 11.9. The zero-order chi connectivity index (χ0) is 16.4. The van der Waals surface area contributed by atoms with Crippen molar-refractivity contribution < 1.29 is 19.1 Å². The maximum Gasteiger partial charge on any atom is 0.338 e. The molecule has 0 N–H and O–H groups in total. The Hall–Kier alpha value is -2.10. The van der Waals surface area contributed by atoms with E-state index in [1.807, 2.05) is 25.1 Å². The van der Waals surface area contributed by atoms with Crippen molar-refractivity contribution in [3.05, 3.63) is 35.9 Å². The molecule has 0 aliphatic carbocycles.